The summed E-state index contributed by atoms with van der Waals surface area (Å²) in [6, 6.07) is 8.18. The van der Waals surface area contributed by atoms with Gasteiger partial charge in [0.25, 0.3) is 0 Å². The Morgan fingerprint density at radius 1 is 1.62 bits per heavy atom. The highest BCUT2D eigenvalue weighted by molar-refractivity contribution is 7.99. The van der Waals surface area contributed by atoms with Crippen molar-refractivity contribution in [2.75, 3.05) is 11.6 Å². The Morgan fingerprint density at radius 3 is 3.19 bits per heavy atom. The lowest BCUT2D eigenvalue weighted by molar-refractivity contribution is -0.122. The van der Waals surface area contributed by atoms with Crippen LogP contribution in [0.3, 0.4) is 0 Å². The molecule has 1 aromatic carbocycles. The summed E-state index contributed by atoms with van der Waals surface area (Å²) in [5.74, 6) is 1.86. The average molecular weight is 236 g/mol. The molecule has 3 nitrogen and oxygen atoms in total. The molecule has 0 saturated carbocycles. The minimum atomic E-state index is -0.0187. The summed E-state index contributed by atoms with van der Waals surface area (Å²) in [5, 5.41) is 6.11. The molecule has 1 unspecified atom stereocenters. The van der Waals surface area contributed by atoms with Crippen LogP contribution in [-0.4, -0.2) is 23.6 Å². The zero-order valence-corrected chi connectivity index (χ0v) is 10.1. The van der Waals surface area contributed by atoms with Crippen LogP contribution in [0.2, 0.25) is 0 Å². The van der Waals surface area contributed by atoms with Gasteiger partial charge in [0.2, 0.25) is 5.91 Å². The molecule has 1 amide bonds. The van der Waals surface area contributed by atoms with E-state index < -0.39 is 0 Å². The van der Waals surface area contributed by atoms with Crippen molar-refractivity contribution in [2.45, 2.75) is 19.5 Å². The standard InChI is InChI=1S/C12H16N2OS/c1-9-3-2-4-10(5-9)6-13-12(15)11-7-16-8-14-11/h2-5,11,14H,6-8H2,1H3,(H,13,15). The van der Waals surface area contributed by atoms with Crippen molar-refractivity contribution in [2.24, 2.45) is 0 Å². The van der Waals surface area contributed by atoms with Crippen LogP contribution < -0.4 is 10.6 Å². The Balaban J connectivity index is 1.84. The van der Waals surface area contributed by atoms with E-state index in [1.54, 1.807) is 11.8 Å². The third kappa shape index (κ3) is 3.00. The van der Waals surface area contributed by atoms with Crippen LogP contribution in [0.25, 0.3) is 0 Å². The molecular formula is C12H16N2OS. The number of hydrogen-bond acceptors (Lipinski definition) is 3. The van der Waals surface area contributed by atoms with Gasteiger partial charge in [0.15, 0.2) is 0 Å². The van der Waals surface area contributed by atoms with Crippen molar-refractivity contribution in [3.05, 3.63) is 35.4 Å². The van der Waals surface area contributed by atoms with E-state index in [-0.39, 0.29) is 11.9 Å². The zero-order valence-electron chi connectivity index (χ0n) is 9.32. The quantitative estimate of drug-likeness (QED) is 0.830. The Bertz CT molecular complexity index is 375. The van der Waals surface area contributed by atoms with Crippen LogP contribution >= 0.6 is 11.8 Å². The van der Waals surface area contributed by atoms with Gasteiger partial charge in [0.1, 0.15) is 0 Å². The summed E-state index contributed by atoms with van der Waals surface area (Å²) >= 11 is 1.76. The van der Waals surface area contributed by atoms with Gasteiger partial charge in [-0.3, -0.25) is 10.1 Å². The van der Waals surface area contributed by atoms with Crippen molar-refractivity contribution in [1.82, 2.24) is 10.6 Å². The third-order valence-electron chi connectivity index (χ3n) is 2.58. The monoisotopic (exact) mass is 236 g/mol. The van der Waals surface area contributed by atoms with Gasteiger partial charge in [-0.1, -0.05) is 29.8 Å². The summed E-state index contributed by atoms with van der Waals surface area (Å²) in [6.07, 6.45) is 0. The molecule has 1 heterocycles. The molecule has 4 heteroatoms. The number of thioether (sulfide) groups is 1. The Labute approximate surface area is 100.0 Å². The van der Waals surface area contributed by atoms with E-state index in [4.69, 9.17) is 0 Å². The third-order valence-corrected chi connectivity index (χ3v) is 3.52. The summed E-state index contributed by atoms with van der Waals surface area (Å²) in [6.45, 7) is 2.67. The molecule has 0 aliphatic carbocycles. The fraction of sp³-hybridized carbons (Fsp3) is 0.417. The molecule has 16 heavy (non-hydrogen) atoms. The van der Waals surface area contributed by atoms with Gasteiger partial charge in [-0.25, -0.2) is 0 Å². The van der Waals surface area contributed by atoms with E-state index >= 15 is 0 Å². The van der Waals surface area contributed by atoms with Gasteiger partial charge in [-0.05, 0) is 12.5 Å². The second kappa shape index (κ2) is 5.37. The van der Waals surface area contributed by atoms with Crippen molar-refractivity contribution >= 4 is 17.7 Å². The molecular weight excluding hydrogens is 220 g/mol. The molecule has 1 saturated heterocycles. The lowest BCUT2D eigenvalue weighted by atomic mass is 10.1. The van der Waals surface area contributed by atoms with Crippen molar-refractivity contribution in [3.63, 3.8) is 0 Å². The molecule has 1 aliphatic rings. The first kappa shape index (κ1) is 11.5. The Morgan fingerprint density at radius 2 is 2.50 bits per heavy atom. The first-order valence-corrected chi connectivity index (χ1v) is 6.55. The van der Waals surface area contributed by atoms with E-state index in [1.807, 2.05) is 12.1 Å². The first-order chi connectivity index (χ1) is 7.75. The topological polar surface area (TPSA) is 41.1 Å². The summed E-state index contributed by atoms with van der Waals surface area (Å²) < 4.78 is 0. The van der Waals surface area contributed by atoms with Gasteiger partial charge >= 0.3 is 0 Å². The van der Waals surface area contributed by atoms with Crippen LogP contribution in [0, 0.1) is 6.92 Å². The maximum atomic E-state index is 11.7. The molecule has 1 aliphatic heterocycles. The maximum Gasteiger partial charge on any atom is 0.238 e. The number of benzene rings is 1. The van der Waals surface area contributed by atoms with Crippen LogP contribution in [0.5, 0.6) is 0 Å². The van der Waals surface area contributed by atoms with Gasteiger partial charge < -0.3 is 5.32 Å². The van der Waals surface area contributed by atoms with Crippen LogP contribution in [0.1, 0.15) is 11.1 Å². The maximum absolute atomic E-state index is 11.7. The molecule has 0 radical (unpaired) electrons. The molecule has 0 bridgehead atoms. The van der Waals surface area contributed by atoms with E-state index in [2.05, 4.69) is 29.7 Å². The van der Waals surface area contributed by atoms with Crippen LogP contribution in [0.15, 0.2) is 24.3 Å². The van der Waals surface area contributed by atoms with Crippen molar-refractivity contribution in [1.29, 1.82) is 0 Å². The van der Waals surface area contributed by atoms with Crippen molar-refractivity contribution in [3.8, 4) is 0 Å². The molecule has 2 rings (SSSR count). The SMILES string of the molecule is Cc1cccc(CNC(=O)C2CSCN2)c1. The molecule has 0 aromatic heterocycles. The van der Waals surface area contributed by atoms with Gasteiger partial charge in [-0.2, -0.15) is 0 Å². The van der Waals surface area contributed by atoms with E-state index in [9.17, 15) is 4.79 Å². The van der Waals surface area contributed by atoms with Crippen molar-refractivity contribution < 1.29 is 4.79 Å². The molecule has 86 valence electrons. The zero-order chi connectivity index (χ0) is 11.4. The highest BCUT2D eigenvalue weighted by Crippen LogP contribution is 2.09. The fourth-order valence-electron chi connectivity index (χ4n) is 1.70. The largest absolute Gasteiger partial charge is 0.351 e. The second-order valence-corrected chi connectivity index (χ2v) is 5.01. The minimum Gasteiger partial charge on any atom is -0.351 e. The van der Waals surface area contributed by atoms with Gasteiger partial charge in [0.05, 0.1) is 6.04 Å². The lowest BCUT2D eigenvalue weighted by Gasteiger charge is -2.10. The summed E-state index contributed by atoms with van der Waals surface area (Å²) in [7, 11) is 0. The molecule has 1 fully saturated rings. The van der Waals surface area contributed by atoms with E-state index in [0.29, 0.717) is 6.54 Å². The minimum absolute atomic E-state index is 0.0187. The fourth-order valence-corrected chi connectivity index (χ4v) is 2.64. The number of hydrogen-bond donors (Lipinski definition) is 2. The first-order valence-electron chi connectivity index (χ1n) is 5.40. The highest BCUT2D eigenvalue weighted by Gasteiger charge is 2.21. The number of rotatable bonds is 3. The molecule has 1 atom stereocenters. The average Bonchev–Trinajstić information content (AvgIpc) is 2.79. The number of amides is 1. The number of carbonyl (C=O) groups is 1. The number of aryl methyl sites for hydroxylation is 1. The second-order valence-electron chi connectivity index (χ2n) is 3.98. The Kier molecular flexibility index (Phi) is 3.85. The van der Waals surface area contributed by atoms with E-state index in [0.717, 1.165) is 17.2 Å². The van der Waals surface area contributed by atoms with E-state index in [1.165, 1.54) is 5.56 Å². The smallest absolute Gasteiger partial charge is 0.238 e. The highest BCUT2D eigenvalue weighted by atomic mass is 32.2. The molecule has 1 aromatic rings. The predicted molar refractivity (Wildman–Crippen MR) is 67.3 cm³/mol. The Hall–Kier alpha value is -1.00. The summed E-state index contributed by atoms with van der Waals surface area (Å²) in [5.41, 5.74) is 2.38. The molecule has 0 spiro atoms. The van der Waals surface area contributed by atoms with Crippen LogP contribution in [-0.2, 0) is 11.3 Å². The summed E-state index contributed by atoms with van der Waals surface area (Å²) in [4.78, 5) is 11.7. The normalized spacial score (nSPS) is 19.7. The predicted octanol–water partition coefficient (Wildman–Crippen LogP) is 1.27. The van der Waals surface area contributed by atoms with Crippen LogP contribution in [0.4, 0.5) is 0 Å². The number of carbonyl (C=O) groups excluding carboxylic acids is 1. The number of nitrogens with one attached hydrogen (secondary N) is 2. The molecule has 2 N–H and O–H groups in total. The lowest BCUT2D eigenvalue weighted by Crippen LogP contribution is -2.41. The van der Waals surface area contributed by atoms with Gasteiger partial charge in [0, 0.05) is 18.2 Å². The van der Waals surface area contributed by atoms with Gasteiger partial charge in [-0.15, -0.1) is 11.8 Å².